The maximum atomic E-state index is 13.9. The Balaban J connectivity index is 1.97. The van der Waals surface area contributed by atoms with Gasteiger partial charge in [-0.3, -0.25) is 4.99 Å². The Bertz CT molecular complexity index is 1410. The predicted molar refractivity (Wildman–Crippen MR) is 136 cm³/mol. The normalized spacial score (nSPS) is 22.8. The van der Waals surface area contributed by atoms with Gasteiger partial charge in [0.1, 0.15) is 11.9 Å². The van der Waals surface area contributed by atoms with Crippen LogP contribution in [-0.2, 0) is 10.0 Å². The topological polar surface area (TPSA) is 133 Å². The summed E-state index contributed by atoms with van der Waals surface area (Å²) in [5.41, 5.74) is 6.18. The van der Waals surface area contributed by atoms with Gasteiger partial charge in [0.25, 0.3) is 0 Å². The van der Waals surface area contributed by atoms with Gasteiger partial charge in [-0.25, -0.2) is 27.5 Å². The van der Waals surface area contributed by atoms with E-state index in [1.165, 1.54) is 29.5 Å². The molecule has 2 aromatic rings. The molecule has 2 aliphatic rings. The Morgan fingerprint density at radius 2 is 2.24 bits per heavy atom. The van der Waals surface area contributed by atoms with Crippen LogP contribution in [0, 0.1) is 5.82 Å². The Morgan fingerprint density at radius 3 is 2.84 bits per heavy atom. The molecule has 4 rings (SSSR count). The van der Waals surface area contributed by atoms with Crippen LogP contribution >= 0.6 is 22.9 Å². The third kappa shape index (κ3) is 5.88. The van der Waals surface area contributed by atoms with Crippen LogP contribution in [0.4, 0.5) is 13.2 Å². The van der Waals surface area contributed by atoms with Crippen molar-refractivity contribution in [1.82, 2.24) is 14.6 Å². The lowest BCUT2D eigenvalue weighted by Gasteiger charge is -2.33. The van der Waals surface area contributed by atoms with Crippen LogP contribution in [0.2, 0.25) is 5.02 Å². The minimum absolute atomic E-state index is 0.00447. The van der Waals surface area contributed by atoms with Gasteiger partial charge in [0, 0.05) is 58.3 Å². The number of halogens is 4. The molecule has 0 amide bonds. The van der Waals surface area contributed by atoms with Gasteiger partial charge >= 0.3 is 6.55 Å². The molecular weight excluding hydrogens is 553 g/mol. The number of aliphatic imine (C=N–C) groups is 2. The van der Waals surface area contributed by atoms with E-state index in [1.54, 1.807) is 16.5 Å². The summed E-state index contributed by atoms with van der Waals surface area (Å²) in [6, 6.07) is 2.82. The van der Waals surface area contributed by atoms with Crippen LogP contribution < -0.4 is 10.5 Å². The van der Waals surface area contributed by atoms with Crippen molar-refractivity contribution in [3.63, 3.8) is 0 Å². The molecule has 1 fully saturated rings. The predicted octanol–water partition coefficient (Wildman–Crippen LogP) is 2.81. The maximum absolute atomic E-state index is 13.9. The average molecular weight is 575 g/mol. The van der Waals surface area contributed by atoms with Crippen molar-refractivity contribution in [2.24, 2.45) is 15.7 Å². The molecular formula is C22H22ClF3N6O3S2. The van der Waals surface area contributed by atoms with Crippen molar-refractivity contribution >= 4 is 45.0 Å². The number of sulfonamides is 1. The maximum Gasteiger partial charge on any atom is 0.331 e. The number of rotatable bonds is 8. The number of aliphatic hydroxyl groups excluding tert-OH is 1. The molecule has 198 valence electrons. The van der Waals surface area contributed by atoms with Gasteiger partial charge in [0.05, 0.1) is 18.4 Å². The van der Waals surface area contributed by atoms with Crippen molar-refractivity contribution in [2.45, 2.75) is 24.6 Å². The highest BCUT2D eigenvalue weighted by Crippen LogP contribution is 2.46. The lowest BCUT2D eigenvalue weighted by atomic mass is 9.90. The minimum Gasteiger partial charge on any atom is -0.398 e. The molecule has 2 aliphatic heterocycles. The summed E-state index contributed by atoms with van der Waals surface area (Å²) in [6.07, 6.45) is 4.55. The van der Waals surface area contributed by atoms with Gasteiger partial charge in [0.15, 0.2) is 10.8 Å². The third-order valence-electron chi connectivity index (χ3n) is 5.73. The first-order valence-corrected chi connectivity index (χ1v) is 13.9. The number of aliphatic hydroxyl groups is 1. The Morgan fingerprint density at radius 1 is 1.49 bits per heavy atom. The molecule has 9 nitrogen and oxygen atoms in total. The first kappa shape index (κ1) is 27.3. The van der Waals surface area contributed by atoms with E-state index >= 15 is 0 Å². The van der Waals surface area contributed by atoms with Crippen LogP contribution in [0.25, 0.3) is 0 Å². The summed E-state index contributed by atoms with van der Waals surface area (Å²) in [4.78, 5) is 13.9. The van der Waals surface area contributed by atoms with Crippen molar-refractivity contribution in [1.29, 1.82) is 0 Å². The lowest BCUT2D eigenvalue weighted by Crippen LogP contribution is -2.53. The van der Waals surface area contributed by atoms with E-state index < -0.39 is 40.6 Å². The Hall–Kier alpha value is -2.78. The zero-order chi connectivity index (χ0) is 27.0. The van der Waals surface area contributed by atoms with Gasteiger partial charge in [-0.05, 0) is 18.2 Å². The van der Waals surface area contributed by atoms with Gasteiger partial charge in [0.2, 0.25) is 10.0 Å². The number of allylic oxidation sites excluding steroid dienone is 1. The molecule has 1 aromatic carbocycles. The first-order chi connectivity index (χ1) is 17.4. The van der Waals surface area contributed by atoms with E-state index in [1.807, 2.05) is 0 Å². The molecule has 2 atom stereocenters. The van der Waals surface area contributed by atoms with E-state index in [0.29, 0.717) is 27.7 Å². The number of amidine groups is 1. The van der Waals surface area contributed by atoms with Crippen LogP contribution in [0.5, 0.6) is 0 Å². The second-order valence-electron chi connectivity index (χ2n) is 8.49. The standard InChI is InChI=1S/C22H22ClF3N6O3S2/c1-37(34,35)31-22(11-33)9-16-17(15(27)4-5-29-21(25)26)18(13-3-2-12(24)8-14(13)23)30-19(32(16)10-22)20-28-6-7-36-20/h2-8,18,21,31,33H,9-11,27H2,1H3/t18-,22+/m0/s1. The summed E-state index contributed by atoms with van der Waals surface area (Å²) in [7, 11) is -3.76. The molecule has 0 bridgehead atoms. The minimum atomic E-state index is -3.76. The van der Waals surface area contributed by atoms with Crippen molar-refractivity contribution in [3.8, 4) is 0 Å². The van der Waals surface area contributed by atoms with Crippen molar-refractivity contribution < 1.29 is 26.7 Å². The van der Waals surface area contributed by atoms with Gasteiger partial charge in [-0.15, -0.1) is 11.3 Å². The zero-order valence-corrected chi connectivity index (χ0v) is 21.7. The van der Waals surface area contributed by atoms with E-state index in [0.717, 1.165) is 18.5 Å². The number of nitrogens with one attached hydrogen (secondary N) is 1. The number of fused-ring (bicyclic) bond motifs is 1. The second kappa shape index (κ2) is 10.5. The highest BCUT2D eigenvalue weighted by atomic mass is 35.5. The van der Waals surface area contributed by atoms with Gasteiger partial charge in [-0.2, -0.15) is 8.78 Å². The van der Waals surface area contributed by atoms with Gasteiger partial charge in [-0.1, -0.05) is 17.7 Å². The fraction of sp³-hybridized carbons (Fsp3) is 0.318. The molecule has 37 heavy (non-hydrogen) atoms. The number of thiazole rings is 1. The van der Waals surface area contributed by atoms with E-state index in [4.69, 9.17) is 22.3 Å². The number of alkyl halides is 2. The van der Waals surface area contributed by atoms with Crippen LogP contribution in [-0.4, -0.2) is 67.0 Å². The molecule has 15 heteroatoms. The summed E-state index contributed by atoms with van der Waals surface area (Å²) in [5, 5.41) is 12.6. The van der Waals surface area contributed by atoms with Crippen LogP contribution in [0.3, 0.4) is 0 Å². The lowest BCUT2D eigenvalue weighted by molar-refractivity contribution is 0.161. The summed E-state index contributed by atoms with van der Waals surface area (Å²) in [6.45, 7) is -3.53. The quantitative estimate of drug-likeness (QED) is 0.328. The smallest absolute Gasteiger partial charge is 0.331 e. The Labute approximate surface area is 219 Å². The SMILES string of the molecule is CS(=O)(=O)N[C@]1(CO)CC2=C(C(N)=CC=NC(F)F)[C@H](c3ccc(F)cc3Cl)N=C(c3nccs3)N2C1. The molecule has 4 N–H and O–H groups in total. The number of aromatic nitrogens is 1. The fourth-order valence-corrected chi connectivity index (χ4v) is 6.28. The molecule has 0 aliphatic carbocycles. The monoisotopic (exact) mass is 574 g/mol. The number of nitrogens with two attached hydrogens (primary N) is 1. The summed E-state index contributed by atoms with van der Waals surface area (Å²) < 4.78 is 66.0. The molecule has 0 spiro atoms. The highest BCUT2D eigenvalue weighted by Gasteiger charge is 2.48. The molecule has 1 aromatic heterocycles. The number of nitrogens with zero attached hydrogens (tertiary/aromatic N) is 4. The molecule has 1 saturated heterocycles. The summed E-state index contributed by atoms with van der Waals surface area (Å²) >= 11 is 7.67. The van der Waals surface area contributed by atoms with Crippen molar-refractivity contribution in [3.05, 3.63) is 74.2 Å². The van der Waals surface area contributed by atoms with E-state index in [9.17, 15) is 26.7 Å². The van der Waals surface area contributed by atoms with E-state index in [2.05, 4.69) is 14.7 Å². The highest BCUT2D eigenvalue weighted by molar-refractivity contribution is 7.88. The molecule has 0 unspecified atom stereocenters. The third-order valence-corrected chi connectivity index (χ3v) is 7.63. The first-order valence-electron chi connectivity index (χ1n) is 10.7. The van der Waals surface area contributed by atoms with Gasteiger partial charge < -0.3 is 15.7 Å². The van der Waals surface area contributed by atoms with E-state index in [-0.39, 0.29) is 23.7 Å². The number of hydrogen-bond donors (Lipinski definition) is 3. The van der Waals surface area contributed by atoms with Crippen LogP contribution in [0.1, 0.15) is 23.0 Å². The van der Waals surface area contributed by atoms with Crippen molar-refractivity contribution in [2.75, 3.05) is 19.4 Å². The largest absolute Gasteiger partial charge is 0.398 e. The molecule has 3 heterocycles. The molecule has 0 radical (unpaired) electrons. The Kier molecular flexibility index (Phi) is 7.76. The number of hydrogen-bond acceptors (Lipinski definition) is 9. The summed E-state index contributed by atoms with van der Waals surface area (Å²) in [5.74, 6) is -0.214. The fourth-order valence-electron chi connectivity index (χ4n) is 4.38. The average Bonchev–Trinajstić information content (AvgIpc) is 3.45. The second-order valence-corrected chi connectivity index (χ2v) is 11.5. The number of benzene rings is 1. The van der Waals surface area contributed by atoms with Crippen LogP contribution in [0.15, 0.2) is 62.8 Å². The molecule has 0 saturated carbocycles. The zero-order valence-electron chi connectivity index (χ0n) is 19.3.